The number of anilines is 1. The molecule has 2 aliphatic rings. The highest BCUT2D eigenvalue weighted by Crippen LogP contribution is 2.29. The van der Waals surface area contributed by atoms with E-state index in [1.165, 1.54) is 0 Å². The Kier molecular flexibility index (Phi) is 12.4. The third-order valence-electron chi connectivity index (χ3n) is 5.86. The highest BCUT2D eigenvalue weighted by Gasteiger charge is 2.22. The Labute approximate surface area is 204 Å². The van der Waals surface area contributed by atoms with Gasteiger partial charge in [-0.05, 0) is 50.2 Å². The number of nitrogens with one attached hydrogen (secondary N) is 2. The molecule has 0 bridgehead atoms. The molecule has 176 valence electrons. The summed E-state index contributed by atoms with van der Waals surface area (Å²) >= 11 is 0. The quantitative estimate of drug-likeness (QED) is 0.215. The Morgan fingerprint density at radius 2 is 2.03 bits per heavy atom. The predicted molar refractivity (Wildman–Crippen MR) is 137 cm³/mol. The van der Waals surface area contributed by atoms with Crippen LogP contribution in [0.1, 0.15) is 32.1 Å². The third-order valence-corrected chi connectivity index (χ3v) is 5.86. The molecule has 8 heteroatoms. The molecule has 1 aromatic rings. The molecule has 1 aromatic carbocycles. The average molecular weight is 546 g/mol. The summed E-state index contributed by atoms with van der Waals surface area (Å²) in [6, 6.07) is 8.60. The third kappa shape index (κ3) is 8.65. The van der Waals surface area contributed by atoms with Crippen molar-refractivity contribution in [3.8, 4) is 5.75 Å². The minimum atomic E-state index is 0. The van der Waals surface area contributed by atoms with E-state index in [2.05, 4.69) is 32.7 Å². The lowest BCUT2D eigenvalue weighted by Gasteiger charge is -2.36. The van der Waals surface area contributed by atoms with Crippen LogP contribution in [-0.2, 0) is 9.47 Å². The van der Waals surface area contributed by atoms with Crippen LogP contribution in [0.25, 0.3) is 0 Å². The number of benzene rings is 1. The maximum absolute atomic E-state index is 5.85. The second-order valence-corrected chi connectivity index (χ2v) is 8.08. The van der Waals surface area contributed by atoms with Crippen molar-refractivity contribution in [1.82, 2.24) is 10.6 Å². The zero-order valence-electron chi connectivity index (χ0n) is 19.0. The molecule has 0 aromatic heterocycles. The standard InChI is InChI=1S/C23H38N4O3.HI/c1-24-23(25-12-6-14-30-18-19-10-15-29-16-11-19)26-20-7-5-13-27(17-20)21-8-3-4-9-22(21)28-2;/h3-4,8-9,19-20H,5-7,10-18H2,1-2H3,(H2,24,25,26);1H. The first-order valence-corrected chi connectivity index (χ1v) is 11.3. The zero-order chi connectivity index (χ0) is 21.0. The number of methoxy groups -OCH3 is 1. The van der Waals surface area contributed by atoms with Gasteiger partial charge in [-0.2, -0.15) is 0 Å². The number of ether oxygens (including phenoxy) is 3. The summed E-state index contributed by atoms with van der Waals surface area (Å²) in [7, 11) is 3.56. The van der Waals surface area contributed by atoms with Crippen molar-refractivity contribution in [2.24, 2.45) is 10.9 Å². The van der Waals surface area contributed by atoms with Crippen molar-refractivity contribution in [2.75, 3.05) is 65.1 Å². The Bertz CT molecular complexity index is 655. The second-order valence-electron chi connectivity index (χ2n) is 8.08. The van der Waals surface area contributed by atoms with Crippen LogP contribution in [0.4, 0.5) is 5.69 Å². The molecular formula is C23H39IN4O3. The monoisotopic (exact) mass is 546 g/mol. The van der Waals surface area contributed by atoms with Crippen LogP contribution in [0.5, 0.6) is 5.75 Å². The number of piperidine rings is 1. The fourth-order valence-corrected chi connectivity index (χ4v) is 4.14. The molecule has 1 atom stereocenters. The summed E-state index contributed by atoms with van der Waals surface area (Å²) in [4.78, 5) is 6.80. The van der Waals surface area contributed by atoms with E-state index in [4.69, 9.17) is 14.2 Å². The number of guanidine groups is 1. The Morgan fingerprint density at radius 3 is 2.81 bits per heavy atom. The summed E-state index contributed by atoms with van der Waals surface area (Å²) in [5, 5.41) is 7.02. The van der Waals surface area contributed by atoms with E-state index in [9.17, 15) is 0 Å². The van der Waals surface area contributed by atoms with Crippen LogP contribution in [0, 0.1) is 5.92 Å². The van der Waals surface area contributed by atoms with Gasteiger partial charge >= 0.3 is 0 Å². The summed E-state index contributed by atoms with van der Waals surface area (Å²) in [5.41, 5.74) is 1.16. The Morgan fingerprint density at radius 1 is 1.23 bits per heavy atom. The number of halogens is 1. The zero-order valence-corrected chi connectivity index (χ0v) is 21.3. The minimum Gasteiger partial charge on any atom is -0.495 e. The van der Waals surface area contributed by atoms with Gasteiger partial charge in [0.15, 0.2) is 5.96 Å². The van der Waals surface area contributed by atoms with Gasteiger partial charge in [-0.1, -0.05) is 12.1 Å². The van der Waals surface area contributed by atoms with Crippen molar-refractivity contribution in [1.29, 1.82) is 0 Å². The van der Waals surface area contributed by atoms with Gasteiger partial charge in [0.1, 0.15) is 5.75 Å². The number of nitrogens with zero attached hydrogens (tertiary/aromatic N) is 2. The van der Waals surface area contributed by atoms with Crippen molar-refractivity contribution in [3.05, 3.63) is 24.3 Å². The lowest BCUT2D eigenvalue weighted by atomic mass is 10.0. The highest BCUT2D eigenvalue weighted by atomic mass is 127. The van der Waals surface area contributed by atoms with Gasteiger partial charge in [-0.25, -0.2) is 0 Å². The molecule has 0 amide bonds. The second kappa shape index (κ2) is 14.7. The van der Waals surface area contributed by atoms with Crippen LogP contribution >= 0.6 is 24.0 Å². The minimum absolute atomic E-state index is 0. The molecule has 2 heterocycles. The lowest BCUT2D eigenvalue weighted by molar-refractivity contribution is 0.0203. The molecular weight excluding hydrogens is 507 g/mol. The number of hydrogen-bond acceptors (Lipinski definition) is 5. The number of rotatable bonds is 9. The van der Waals surface area contributed by atoms with E-state index in [1.807, 2.05) is 19.2 Å². The summed E-state index contributed by atoms with van der Waals surface area (Å²) < 4.78 is 16.8. The van der Waals surface area contributed by atoms with Crippen LogP contribution in [0.3, 0.4) is 0 Å². The van der Waals surface area contributed by atoms with E-state index in [-0.39, 0.29) is 24.0 Å². The molecule has 2 N–H and O–H groups in total. The smallest absolute Gasteiger partial charge is 0.191 e. The summed E-state index contributed by atoms with van der Waals surface area (Å²) in [6.45, 7) is 6.25. The maximum atomic E-state index is 5.85. The molecule has 2 aliphatic heterocycles. The normalized spacial score (nSPS) is 20.1. The lowest BCUT2D eigenvalue weighted by Crippen LogP contribution is -2.51. The average Bonchev–Trinajstić information content (AvgIpc) is 2.81. The molecule has 0 aliphatic carbocycles. The van der Waals surface area contributed by atoms with Crippen LogP contribution in [-0.4, -0.2) is 72.2 Å². The van der Waals surface area contributed by atoms with E-state index in [0.29, 0.717) is 12.0 Å². The molecule has 0 saturated carbocycles. The largest absolute Gasteiger partial charge is 0.495 e. The maximum Gasteiger partial charge on any atom is 0.191 e. The summed E-state index contributed by atoms with van der Waals surface area (Å²) in [5.74, 6) is 2.46. The SMILES string of the molecule is CN=C(NCCCOCC1CCOCC1)NC1CCCN(c2ccccc2OC)C1.I. The van der Waals surface area contributed by atoms with Gasteiger partial charge in [0, 0.05) is 59.2 Å². The number of aliphatic imine (C=N–C) groups is 1. The fourth-order valence-electron chi connectivity index (χ4n) is 4.14. The van der Waals surface area contributed by atoms with Crippen molar-refractivity contribution in [2.45, 2.75) is 38.1 Å². The van der Waals surface area contributed by atoms with Gasteiger partial charge in [0.05, 0.1) is 12.8 Å². The molecule has 0 spiro atoms. The van der Waals surface area contributed by atoms with E-state index in [0.717, 1.165) is 95.6 Å². The van der Waals surface area contributed by atoms with Gasteiger partial charge in [-0.15, -0.1) is 24.0 Å². The fraction of sp³-hybridized carbons (Fsp3) is 0.696. The Balaban J connectivity index is 0.00000341. The number of para-hydroxylation sites is 2. The van der Waals surface area contributed by atoms with Crippen molar-refractivity contribution >= 4 is 35.6 Å². The van der Waals surface area contributed by atoms with Crippen molar-refractivity contribution < 1.29 is 14.2 Å². The molecule has 31 heavy (non-hydrogen) atoms. The van der Waals surface area contributed by atoms with Crippen LogP contribution < -0.4 is 20.3 Å². The Hall–Kier alpha value is -1.26. The molecule has 1 unspecified atom stereocenters. The van der Waals surface area contributed by atoms with Crippen LogP contribution in [0.2, 0.25) is 0 Å². The first kappa shape index (κ1) is 26.0. The first-order valence-electron chi connectivity index (χ1n) is 11.3. The van der Waals surface area contributed by atoms with Crippen molar-refractivity contribution in [3.63, 3.8) is 0 Å². The van der Waals surface area contributed by atoms with Gasteiger partial charge in [0.25, 0.3) is 0 Å². The highest BCUT2D eigenvalue weighted by molar-refractivity contribution is 14.0. The van der Waals surface area contributed by atoms with E-state index >= 15 is 0 Å². The molecule has 3 rings (SSSR count). The molecule has 7 nitrogen and oxygen atoms in total. The van der Waals surface area contributed by atoms with Gasteiger partial charge in [-0.3, -0.25) is 4.99 Å². The number of hydrogen-bond donors (Lipinski definition) is 2. The van der Waals surface area contributed by atoms with Gasteiger partial charge in [0.2, 0.25) is 0 Å². The predicted octanol–water partition coefficient (Wildman–Crippen LogP) is 3.28. The topological polar surface area (TPSA) is 67.4 Å². The molecule has 2 saturated heterocycles. The van der Waals surface area contributed by atoms with Crippen LogP contribution in [0.15, 0.2) is 29.3 Å². The van der Waals surface area contributed by atoms with E-state index in [1.54, 1.807) is 7.11 Å². The van der Waals surface area contributed by atoms with E-state index < -0.39 is 0 Å². The molecule has 2 fully saturated rings. The van der Waals surface area contributed by atoms with Gasteiger partial charge < -0.3 is 29.7 Å². The first-order chi connectivity index (χ1) is 14.8. The summed E-state index contributed by atoms with van der Waals surface area (Å²) in [6.07, 6.45) is 5.51. The molecule has 0 radical (unpaired) electrons.